The van der Waals surface area contributed by atoms with Gasteiger partial charge in [0.05, 0.1) is 0 Å². The molecule has 0 radical (unpaired) electrons. The third-order valence-electron chi connectivity index (χ3n) is 2.48. The zero-order chi connectivity index (χ0) is 12.4. The number of rotatable bonds is 8. The summed E-state index contributed by atoms with van der Waals surface area (Å²) in [5.74, 6) is 0.430. The van der Waals surface area contributed by atoms with Crippen molar-refractivity contribution in [1.29, 1.82) is 0 Å². The van der Waals surface area contributed by atoms with Crippen LogP contribution in [0.1, 0.15) is 32.6 Å². The first-order chi connectivity index (χ1) is 7.60. The first-order valence-electron chi connectivity index (χ1n) is 5.77. The monoisotopic (exact) mass is 229 g/mol. The SMILES string of the molecule is CNC(=O)CCNC(=O)CCC(C)CCN. The maximum Gasteiger partial charge on any atom is 0.221 e. The summed E-state index contributed by atoms with van der Waals surface area (Å²) in [7, 11) is 1.58. The Morgan fingerprint density at radius 3 is 2.44 bits per heavy atom. The molecule has 0 aromatic rings. The molecule has 1 unspecified atom stereocenters. The van der Waals surface area contributed by atoms with Gasteiger partial charge >= 0.3 is 0 Å². The summed E-state index contributed by atoms with van der Waals surface area (Å²) in [6.07, 6.45) is 2.64. The summed E-state index contributed by atoms with van der Waals surface area (Å²) in [4.78, 5) is 22.2. The second-order valence-corrected chi connectivity index (χ2v) is 3.99. The first kappa shape index (κ1) is 14.9. The standard InChI is InChI=1S/C11H23N3O2/c1-9(5-7-12)3-4-11(16)14-8-6-10(15)13-2/h9H,3-8,12H2,1-2H3,(H,13,15)(H,14,16). The summed E-state index contributed by atoms with van der Waals surface area (Å²) < 4.78 is 0. The fraction of sp³-hybridized carbons (Fsp3) is 0.818. The fourth-order valence-corrected chi connectivity index (χ4v) is 1.34. The summed E-state index contributed by atoms with van der Waals surface area (Å²) in [6, 6.07) is 0. The average Bonchev–Trinajstić information content (AvgIpc) is 2.26. The molecule has 1 atom stereocenters. The lowest BCUT2D eigenvalue weighted by Crippen LogP contribution is -2.29. The summed E-state index contributed by atoms with van der Waals surface area (Å²) in [5.41, 5.74) is 5.42. The van der Waals surface area contributed by atoms with E-state index in [4.69, 9.17) is 5.73 Å². The van der Waals surface area contributed by atoms with E-state index in [0.717, 1.165) is 12.8 Å². The van der Waals surface area contributed by atoms with Crippen LogP contribution in [0.3, 0.4) is 0 Å². The second kappa shape index (κ2) is 9.15. The molecule has 0 bridgehead atoms. The van der Waals surface area contributed by atoms with Gasteiger partial charge in [-0.3, -0.25) is 9.59 Å². The van der Waals surface area contributed by atoms with Gasteiger partial charge in [-0.15, -0.1) is 0 Å². The Morgan fingerprint density at radius 1 is 1.19 bits per heavy atom. The van der Waals surface area contributed by atoms with Gasteiger partial charge in [0.25, 0.3) is 0 Å². The van der Waals surface area contributed by atoms with E-state index in [-0.39, 0.29) is 11.8 Å². The van der Waals surface area contributed by atoms with E-state index in [0.29, 0.717) is 31.8 Å². The van der Waals surface area contributed by atoms with Crippen LogP contribution >= 0.6 is 0 Å². The molecule has 0 aromatic heterocycles. The van der Waals surface area contributed by atoms with E-state index in [9.17, 15) is 9.59 Å². The summed E-state index contributed by atoms with van der Waals surface area (Å²) in [5, 5.41) is 5.22. The number of nitrogens with one attached hydrogen (secondary N) is 2. The Labute approximate surface area is 97.2 Å². The lowest BCUT2D eigenvalue weighted by Gasteiger charge is -2.09. The number of carbonyl (C=O) groups is 2. The van der Waals surface area contributed by atoms with Gasteiger partial charge in [0, 0.05) is 26.4 Å². The number of nitrogens with two attached hydrogens (primary N) is 1. The quantitative estimate of drug-likeness (QED) is 0.548. The second-order valence-electron chi connectivity index (χ2n) is 3.99. The minimum atomic E-state index is -0.0585. The van der Waals surface area contributed by atoms with Crippen LogP contribution in [-0.2, 0) is 9.59 Å². The van der Waals surface area contributed by atoms with Crippen LogP contribution in [-0.4, -0.2) is 32.0 Å². The van der Waals surface area contributed by atoms with Crippen LogP contribution in [0.4, 0.5) is 0 Å². The highest BCUT2D eigenvalue weighted by Gasteiger charge is 2.06. The van der Waals surface area contributed by atoms with Crippen LogP contribution in [0.2, 0.25) is 0 Å². The molecule has 0 spiro atoms. The average molecular weight is 229 g/mol. The smallest absolute Gasteiger partial charge is 0.221 e. The highest BCUT2D eigenvalue weighted by Crippen LogP contribution is 2.08. The van der Waals surface area contributed by atoms with Crippen molar-refractivity contribution in [1.82, 2.24) is 10.6 Å². The van der Waals surface area contributed by atoms with Crippen molar-refractivity contribution in [2.24, 2.45) is 11.7 Å². The highest BCUT2D eigenvalue weighted by atomic mass is 16.2. The Bertz CT molecular complexity index is 219. The van der Waals surface area contributed by atoms with Crippen LogP contribution < -0.4 is 16.4 Å². The molecule has 4 N–H and O–H groups in total. The van der Waals surface area contributed by atoms with E-state index >= 15 is 0 Å². The molecule has 0 aliphatic rings. The molecule has 0 saturated heterocycles. The molecule has 5 heteroatoms. The van der Waals surface area contributed by atoms with Crippen molar-refractivity contribution in [2.45, 2.75) is 32.6 Å². The van der Waals surface area contributed by atoms with Crippen LogP contribution in [0.5, 0.6) is 0 Å². The van der Waals surface area contributed by atoms with Gasteiger partial charge in [0.2, 0.25) is 11.8 Å². The van der Waals surface area contributed by atoms with Crippen LogP contribution in [0, 0.1) is 5.92 Å². The molecule has 0 heterocycles. The highest BCUT2D eigenvalue weighted by molar-refractivity contribution is 5.78. The third-order valence-corrected chi connectivity index (χ3v) is 2.48. The van der Waals surface area contributed by atoms with Gasteiger partial charge in [-0.25, -0.2) is 0 Å². The lowest BCUT2D eigenvalue weighted by molar-refractivity contribution is -0.122. The Balaban J connectivity index is 3.48. The number of hydrogen-bond donors (Lipinski definition) is 3. The lowest BCUT2D eigenvalue weighted by atomic mass is 10.0. The number of hydrogen-bond acceptors (Lipinski definition) is 3. The van der Waals surface area contributed by atoms with E-state index in [1.165, 1.54) is 0 Å². The Morgan fingerprint density at radius 2 is 1.88 bits per heavy atom. The molecule has 0 aliphatic heterocycles. The van der Waals surface area contributed by atoms with Crippen molar-refractivity contribution < 1.29 is 9.59 Å². The van der Waals surface area contributed by atoms with E-state index < -0.39 is 0 Å². The topological polar surface area (TPSA) is 84.2 Å². The minimum Gasteiger partial charge on any atom is -0.359 e. The normalized spacial score (nSPS) is 11.9. The van der Waals surface area contributed by atoms with Gasteiger partial charge in [0.1, 0.15) is 0 Å². The Hall–Kier alpha value is -1.10. The minimum absolute atomic E-state index is 0.00720. The third kappa shape index (κ3) is 8.23. The molecule has 0 rings (SSSR count). The van der Waals surface area contributed by atoms with E-state index in [1.54, 1.807) is 7.05 Å². The van der Waals surface area contributed by atoms with Gasteiger partial charge in [-0.05, 0) is 25.3 Å². The van der Waals surface area contributed by atoms with Gasteiger partial charge in [0.15, 0.2) is 0 Å². The van der Waals surface area contributed by atoms with Crippen molar-refractivity contribution in [3.05, 3.63) is 0 Å². The van der Waals surface area contributed by atoms with E-state index in [1.807, 2.05) is 0 Å². The van der Waals surface area contributed by atoms with Crippen molar-refractivity contribution in [3.8, 4) is 0 Å². The Kier molecular flexibility index (Phi) is 8.52. The number of carbonyl (C=O) groups excluding carboxylic acids is 2. The molecule has 5 nitrogen and oxygen atoms in total. The van der Waals surface area contributed by atoms with Gasteiger partial charge in [-0.1, -0.05) is 6.92 Å². The molecule has 0 aromatic carbocycles. The zero-order valence-electron chi connectivity index (χ0n) is 10.2. The van der Waals surface area contributed by atoms with Crippen molar-refractivity contribution in [3.63, 3.8) is 0 Å². The molecule has 0 fully saturated rings. The maximum atomic E-state index is 11.3. The molecule has 0 saturated carbocycles. The molecule has 2 amide bonds. The van der Waals surface area contributed by atoms with Gasteiger partial charge < -0.3 is 16.4 Å². The predicted molar refractivity (Wildman–Crippen MR) is 63.8 cm³/mol. The van der Waals surface area contributed by atoms with Crippen molar-refractivity contribution in [2.75, 3.05) is 20.1 Å². The number of amides is 2. The van der Waals surface area contributed by atoms with Crippen molar-refractivity contribution >= 4 is 11.8 Å². The summed E-state index contributed by atoms with van der Waals surface area (Å²) >= 11 is 0. The van der Waals surface area contributed by atoms with Gasteiger partial charge in [-0.2, -0.15) is 0 Å². The molecular formula is C11H23N3O2. The molecular weight excluding hydrogens is 206 g/mol. The van der Waals surface area contributed by atoms with Crippen LogP contribution in [0.25, 0.3) is 0 Å². The van der Waals surface area contributed by atoms with Crippen LogP contribution in [0.15, 0.2) is 0 Å². The fourth-order valence-electron chi connectivity index (χ4n) is 1.34. The molecule has 0 aliphatic carbocycles. The molecule has 94 valence electrons. The largest absolute Gasteiger partial charge is 0.359 e. The predicted octanol–water partition coefficient (Wildman–Crippen LogP) is 0.00380. The maximum absolute atomic E-state index is 11.3. The molecule has 16 heavy (non-hydrogen) atoms. The zero-order valence-corrected chi connectivity index (χ0v) is 10.2. The first-order valence-corrected chi connectivity index (χ1v) is 5.77. The van der Waals surface area contributed by atoms with E-state index in [2.05, 4.69) is 17.6 Å². The summed E-state index contributed by atoms with van der Waals surface area (Å²) in [6.45, 7) is 3.16.